The number of rotatable bonds is 5. The summed E-state index contributed by atoms with van der Waals surface area (Å²) in [6.45, 7) is 9.49. The van der Waals surface area contributed by atoms with E-state index in [9.17, 15) is 4.21 Å². The fourth-order valence-corrected chi connectivity index (χ4v) is 3.22. The summed E-state index contributed by atoms with van der Waals surface area (Å²) in [5.41, 5.74) is 1.37. The van der Waals surface area contributed by atoms with Crippen LogP contribution in [0.3, 0.4) is 0 Å². The SMILES string of the molecule is C=S(=O)(c1ccc(C(C)(C)C)cc1)N(C)CCCC. The first-order valence-electron chi connectivity index (χ1n) is 6.88. The molecule has 1 rings (SSSR count). The van der Waals surface area contributed by atoms with Crippen LogP contribution >= 0.6 is 0 Å². The van der Waals surface area contributed by atoms with Gasteiger partial charge in [-0.3, -0.25) is 0 Å². The highest BCUT2D eigenvalue weighted by atomic mass is 32.2. The highest BCUT2D eigenvalue weighted by Gasteiger charge is 2.17. The van der Waals surface area contributed by atoms with Gasteiger partial charge in [0.2, 0.25) is 0 Å². The summed E-state index contributed by atoms with van der Waals surface area (Å²) in [4.78, 5) is 0.819. The van der Waals surface area contributed by atoms with Crippen LogP contribution in [0.5, 0.6) is 0 Å². The Labute approximate surface area is 119 Å². The Morgan fingerprint density at radius 2 is 1.74 bits per heavy atom. The zero-order chi connectivity index (χ0) is 14.7. The van der Waals surface area contributed by atoms with Crippen LogP contribution in [0.1, 0.15) is 46.1 Å². The molecule has 0 saturated carbocycles. The van der Waals surface area contributed by atoms with Crippen molar-refractivity contribution < 1.29 is 4.21 Å². The predicted molar refractivity (Wildman–Crippen MR) is 86.2 cm³/mol. The van der Waals surface area contributed by atoms with Crippen molar-refractivity contribution in [1.82, 2.24) is 4.31 Å². The molecule has 0 spiro atoms. The van der Waals surface area contributed by atoms with Gasteiger partial charge in [0, 0.05) is 11.4 Å². The van der Waals surface area contributed by atoms with Gasteiger partial charge in [-0.1, -0.05) is 46.2 Å². The average molecular weight is 281 g/mol. The Morgan fingerprint density at radius 3 is 2.16 bits per heavy atom. The Morgan fingerprint density at radius 1 is 1.21 bits per heavy atom. The van der Waals surface area contributed by atoms with E-state index in [1.165, 1.54) is 5.56 Å². The molecule has 1 aromatic carbocycles. The summed E-state index contributed by atoms with van der Waals surface area (Å²) in [7, 11) is -0.449. The lowest BCUT2D eigenvalue weighted by molar-refractivity contribution is 0.501. The van der Waals surface area contributed by atoms with Crippen LogP contribution in [0.25, 0.3) is 0 Å². The fourth-order valence-electron chi connectivity index (χ4n) is 1.88. The maximum atomic E-state index is 12.8. The van der Waals surface area contributed by atoms with Crippen molar-refractivity contribution >= 4 is 15.6 Å². The number of hydrogen-bond acceptors (Lipinski definition) is 1. The number of benzene rings is 1. The summed E-state index contributed by atoms with van der Waals surface area (Å²) in [5, 5.41) is 0. The van der Waals surface area contributed by atoms with Crippen LogP contribution in [-0.2, 0) is 15.1 Å². The van der Waals surface area contributed by atoms with Gasteiger partial charge in [0.05, 0.1) is 9.71 Å². The van der Waals surface area contributed by atoms with Gasteiger partial charge >= 0.3 is 0 Å². The fraction of sp³-hybridized carbons (Fsp3) is 0.562. The van der Waals surface area contributed by atoms with E-state index >= 15 is 0 Å². The van der Waals surface area contributed by atoms with Crippen molar-refractivity contribution in [1.29, 1.82) is 0 Å². The van der Waals surface area contributed by atoms with E-state index in [2.05, 4.69) is 45.7 Å². The summed E-state index contributed by atoms with van der Waals surface area (Å²) in [6, 6.07) is 8.04. The minimum atomic E-state index is -2.34. The molecular weight excluding hydrogens is 254 g/mol. The molecule has 0 amide bonds. The van der Waals surface area contributed by atoms with Gasteiger partial charge in [-0.05, 0) is 42.5 Å². The van der Waals surface area contributed by atoms with Gasteiger partial charge in [0.25, 0.3) is 0 Å². The van der Waals surface area contributed by atoms with Crippen molar-refractivity contribution in [3.8, 4) is 0 Å². The van der Waals surface area contributed by atoms with Crippen LogP contribution in [0, 0.1) is 0 Å². The first-order chi connectivity index (χ1) is 8.69. The lowest BCUT2D eigenvalue weighted by Gasteiger charge is -2.23. The summed E-state index contributed by atoms with van der Waals surface area (Å²) in [6.07, 6.45) is 2.14. The second kappa shape index (κ2) is 6.10. The molecule has 0 fully saturated rings. The highest BCUT2D eigenvalue weighted by molar-refractivity contribution is 7.98. The van der Waals surface area contributed by atoms with Gasteiger partial charge in [0.15, 0.2) is 0 Å². The van der Waals surface area contributed by atoms with E-state index in [0.717, 1.165) is 24.3 Å². The van der Waals surface area contributed by atoms with Crippen LogP contribution in [0.4, 0.5) is 0 Å². The average Bonchev–Trinajstić information content (AvgIpc) is 2.35. The van der Waals surface area contributed by atoms with Gasteiger partial charge in [0.1, 0.15) is 0 Å². The van der Waals surface area contributed by atoms with E-state index in [4.69, 9.17) is 0 Å². The monoisotopic (exact) mass is 281 g/mol. The van der Waals surface area contributed by atoms with E-state index in [1.54, 1.807) is 0 Å². The highest BCUT2D eigenvalue weighted by Crippen LogP contribution is 2.24. The maximum Gasteiger partial charge on any atom is 0.0555 e. The number of nitrogens with zero attached hydrogens (tertiary/aromatic N) is 1. The zero-order valence-electron chi connectivity index (χ0n) is 12.9. The molecule has 19 heavy (non-hydrogen) atoms. The first kappa shape index (κ1) is 16.3. The lowest BCUT2D eigenvalue weighted by atomic mass is 9.87. The Hall–Kier alpha value is -0.800. The molecule has 0 heterocycles. The number of unbranched alkanes of at least 4 members (excludes halogenated alkanes) is 1. The van der Waals surface area contributed by atoms with Crippen molar-refractivity contribution in [2.45, 2.75) is 50.8 Å². The first-order valence-corrected chi connectivity index (χ1v) is 8.57. The van der Waals surface area contributed by atoms with Crippen molar-refractivity contribution in [2.24, 2.45) is 0 Å². The molecule has 1 unspecified atom stereocenters. The minimum absolute atomic E-state index is 0.120. The van der Waals surface area contributed by atoms with Crippen LogP contribution in [0.15, 0.2) is 29.2 Å². The molecule has 1 aromatic rings. The molecule has 0 bridgehead atoms. The molecule has 0 aliphatic rings. The summed E-state index contributed by atoms with van der Waals surface area (Å²) < 4.78 is 14.6. The molecule has 0 aliphatic carbocycles. The molecule has 0 radical (unpaired) electrons. The second-order valence-corrected chi connectivity index (χ2v) is 8.50. The Bertz CT molecular complexity index is 495. The molecule has 108 valence electrons. The second-order valence-electron chi connectivity index (χ2n) is 6.12. The molecule has 0 saturated heterocycles. The standard InChI is InChI=1S/C16H27NOS/c1-7-8-13-17(5)19(6,18)15-11-9-14(10-12-15)16(2,3)4/h9-12H,6-8,13H2,1-5H3. The Kier molecular flexibility index (Phi) is 5.22. The van der Waals surface area contributed by atoms with Crippen LogP contribution < -0.4 is 0 Å². The van der Waals surface area contributed by atoms with Crippen LogP contribution in [-0.4, -0.2) is 28.0 Å². The lowest BCUT2D eigenvalue weighted by Crippen LogP contribution is -2.27. The molecule has 1 atom stereocenters. The topological polar surface area (TPSA) is 20.3 Å². The third kappa shape index (κ3) is 4.08. The van der Waals surface area contributed by atoms with Crippen molar-refractivity contribution in [3.63, 3.8) is 0 Å². The molecular formula is C16H27NOS. The third-order valence-corrected chi connectivity index (χ3v) is 5.62. The van der Waals surface area contributed by atoms with Gasteiger partial charge < -0.3 is 0 Å². The number of hydrogen-bond donors (Lipinski definition) is 0. The van der Waals surface area contributed by atoms with Gasteiger partial charge in [-0.15, -0.1) is 0 Å². The largest absolute Gasteiger partial charge is 0.248 e. The third-order valence-electron chi connectivity index (χ3n) is 3.42. The molecule has 0 N–H and O–H groups in total. The Balaban J connectivity index is 2.97. The molecule has 2 nitrogen and oxygen atoms in total. The van der Waals surface area contributed by atoms with Gasteiger partial charge in [-0.2, -0.15) is 0 Å². The smallest absolute Gasteiger partial charge is 0.0555 e. The molecule has 0 aliphatic heterocycles. The van der Waals surface area contributed by atoms with Crippen molar-refractivity contribution in [3.05, 3.63) is 29.8 Å². The van der Waals surface area contributed by atoms with E-state index in [0.29, 0.717) is 0 Å². The van der Waals surface area contributed by atoms with E-state index < -0.39 is 9.71 Å². The molecule has 3 heteroatoms. The zero-order valence-corrected chi connectivity index (χ0v) is 13.7. The quantitative estimate of drug-likeness (QED) is 0.754. The molecule has 0 aromatic heterocycles. The maximum absolute atomic E-state index is 12.8. The van der Waals surface area contributed by atoms with E-state index in [1.807, 2.05) is 23.5 Å². The minimum Gasteiger partial charge on any atom is -0.248 e. The van der Waals surface area contributed by atoms with Crippen LogP contribution in [0.2, 0.25) is 0 Å². The summed E-state index contributed by atoms with van der Waals surface area (Å²) >= 11 is 0. The summed E-state index contributed by atoms with van der Waals surface area (Å²) in [5.74, 6) is 3.94. The normalized spacial score (nSPS) is 15.5. The van der Waals surface area contributed by atoms with Crippen molar-refractivity contribution in [2.75, 3.05) is 13.6 Å². The van der Waals surface area contributed by atoms with Gasteiger partial charge in [-0.25, -0.2) is 8.51 Å². The predicted octanol–water partition coefficient (Wildman–Crippen LogP) is 3.71. The van der Waals surface area contributed by atoms with E-state index in [-0.39, 0.29) is 5.41 Å².